The second-order valence-corrected chi connectivity index (χ2v) is 4.88. The van der Waals surface area contributed by atoms with Crippen molar-refractivity contribution in [2.75, 3.05) is 5.73 Å². The van der Waals surface area contributed by atoms with Crippen LogP contribution in [0.25, 0.3) is 22.3 Å². The van der Waals surface area contributed by atoms with Crippen molar-refractivity contribution in [3.63, 3.8) is 0 Å². The number of benzene rings is 1. The number of aryl methyl sites for hydroxylation is 2. The van der Waals surface area contributed by atoms with E-state index in [1.807, 2.05) is 32.5 Å². The Hall–Kier alpha value is -2.30. The molecule has 0 unspecified atom stereocenters. The van der Waals surface area contributed by atoms with E-state index >= 15 is 0 Å². The van der Waals surface area contributed by atoms with Crippen molar-refractivity contribution in [1.29, 1.82) is 0 Å². The molecule has 5 heteroatoms. The molecule has 2 heterocycles. The van der Waals surface area contributed by atoms with Crippen LogP contribution in [0.15, 0.2) is 18.2 Å². The summed E-state index contributed by atoms with van der Waals surface area (Å²) in [6, 6.07) is 6.21. The molecule has 3 aromatic rings. The molecule has 0 radical (unpaired) electrons. The van der Waals surface area contributed by atoms with E-state index in [9.17, 15) is 0 Å². The molecule has 98 valence electrons. The number of hydrogen-bond donors (Lipinski definition) is 1. The third-order valence-electron chi connectivity index (χ3n) is 3.79. The van der Waals surface area contributed by atoms with E-state index in [0.717, 1.165) is 33.8 Å². The van der Waals surface area contributed by atoms with Crippen LogP contribution in [0.1, 0.15) is 11.5 Å². The number of aromatic nitrogens is 4. The fraction of sp³-hybridized carbons (Fsp3) is 0.286. The first kappa shape index (κ1) is 11.8. The zero-order chi connectivity index (χ0) is 13.7. The van der Waals surface area contributed by atoms with Crippen LogP contribution in [0.3, 0.4) is 0 Å². The highest BCUT2D eigenvalue weighted by Crippen LogP contribution is 2.27. The van der Waals surface area contributed by atoms with E-state index in [0.29, 0.717) is 5.95 Å². The van der Waals surface area contributed by atoms with Gasteiger partial charge in [0, 0.05) is 25.4 Å². The van der Waals surface area contributed by atoms with Crippen LogP contribution in [-0.4, -0.2) is 19.1 Å². The van der Waals surface area contributed by atoms with E-state index in [4.69, 9.17) is 5.73 Å². The highest BCUT2D eigenvalue weighted by molar-refractivity contribution is 5.82. The number of rotatable bonds is 1. The molecule has 0 atom stereocenters. The molecule has 0 bridgehead atoms. The Morgan fingerprint density at radius 1 is 1.05 bits per heavy atom. The average Bonchev–Trinajstić information content (AvgIpc) is 2.81. The van der Waals surface area contributed by atoms with Crippen molar-refractivity contribution < 1.29 is 0 Å². The average molecular weight is 255 g/mol. The van der Waals surface area contributed by atoms with Crippen molar-refractivity contribution in [2.45, 2.75) is 13.8 Å². The topological polar surface area (TPSA) is 61.7 Å². The maximum Gasteiger partial charge on any atom is 0.200 e. The second kappa shape index (κ2) is 3.85. The third-order valence-corrected chi connectivity index (χ3v) is 3.79. The van der Waals surface area contributed by atoms with Gasteiger partial charge in [-0.1, -0.05) is 6.07 Å². The van der Waals surface area contributed by atoms with Gasteiger partial charge in [-0.3, -0.25) is 0 Å². The molecule has 0 amide bonds. The standard InChI is InChI=1S/C14H17N5/c1-8-13(17-14(15)18(8)3)10-5-6-12-11(7-10)16-9(2)19(12)4/h5-7H,1-4H3,(H2,15,17). The van der Waals surface area contributed by atoms with Crippen LogP contribution >= 0.6 is 0 Å². The van der Waals surface area contributed by atoms with Gasteiger partial charge in [-0.2, -0.15) is 0 Å². The molecule has 3 rings (SSSR count). The van der Waals surface area contributed by atoms with Gasteiger partial charge in [0.05, 0.1) is 16.7 Å². The summed E-state index contributed by atoms with van der Waals surface area (Å²) >= 11 is 0. The Bertz CT molecular complexity index is 779. The molecule has 0 aliphatic heterocycles. The van der Waals surface area contributed by atoms with Crippen LogP contribution in [0.5, 0.6) is 0 Å². The monoisotopic (exact) mass is 255 g/mol. The summed E-state index contributed by atoms with van der Waals surface area (Å²) in [6.07, 6.45) is 0. The van der Waals surface area contributed by atoms with E-state index in [2.05, 4.69) is 32.7 Å². The fourth-order valence-corrected chi connectivity index (χ4v) is 2.34. The highest BCUT2D eigenvalue weighted by Gasteiger charge is 2.12. The molecule has 0 aliphatic carbocycles. The molecule has 0 saturated carbocycles. The lowest BCUT2D eigenvalue weighted by atomic mass is 10.1. The Balaban J connectivity index is 2.23. The Kier molecular flexibility index (Phi) is 2.38. The lowest BCUT2D eigenvalue weighted by Crippen LogP contribution is -1.97. The van der Waals surface area contributed by atoms with Gasteiger partial charge in [-0.05, 0) is 26.0 Å². The fourth-order valence-electron chi connectivity index (χ4n) is 2.34. The minimum Gasteiger partial charge on any atom is -0.369 e. The minimum absolute atomic E-state index is 0.532. The summed E-state index contributed by atoms with van der Waals surface area (Å²) in [5.41, 5.74) is 11.0. The first-order valence-corrected chi connectivity index (χ1v) is 6.21. The zero-order valence-electron chi connectivity index (χ0n) is 11.6. The summed E-state index contributed by atoms with van der Waals surface area (Å²) in [5.74, 6) is 1.54. The van der Waals surface area contributed by atoms with Gasteiger partial charge < -0.3 is 14.9 Å². The van der Waals surface area contributed by atoms with Crippen molar-refractivity contribution in [3.8, 4) is 11.3 Å². The number of nitrogens with zero attached hydrogens (tertiary/aromatic N) is 4. The molecule has 5 nitrogen and oxygen atoms in total. The predicted octanol–water partition coefficient (Wildman–Crippen LogP) is 2.17. The summed E-state index contributed by atoms with van der Waals surface area (Å²) in [4.78, 5) is 8.98. The Morgan fingerprint density at radius 3 is 2.42 bits per heavy atom. The summed E-state index contributed by atoms with van der Waals surface area (Å²) in [5, 5.41) is 0. The second-order valence-electron chi connectivity index (χ2n) is 4.88. The number of imidazole rings is 2. The van der Waals surface area contributed by atoms with E-state index in [1.54, 1.807) is 0 Å². The lowest BCUT2D eigenvalue weighted by molar-refractivity contribution is 0.886. The molecule has 0 fully saturated rings. The third kappa shape index (κ3) is 1.62. The molecule has 1 aromatic carbocycles. The van der Waals surface area contributed by atoms with Gasteiger partial charge in [0.1, 0.15) is 5.82 Å². The predicted molar refractivity (Wildman–Crippen MR) is 76.8 cm³/mol. The first-order chi connectivity index (χ1) is 8.99. The molecular formula is C14H17N5. The largest absolute Gasteiger partial charge is 0.369 e. The maximum absolute atomic E-state index is 5.85. The van der Waals surface area contributed by atoms with Crippen LogP contribution in [0.4, 0.5) is 5.95 Å². The van der Waals surface area contributed by atoms with Crippen molar-refractivity contribution in [2.24, 2.45) is 14.1 Å². The van der Waals surface area contributed by atoms with Gasteiger partial charge in [-0.15, -0.1) is 0 Å². The Labute approximate surface area is 111 Å². The van der Waals surface area contributed by atoms with E-state index < -0.39 is 0 Å². The van der Waals surface area contributed by atoms with Crippen LogP contribution in [-0.2, 0) is 14.1 Å². The number of fused-ring (bicyclic) bond motifs is 1. The van der Waals surface area contributed by atoms with Crippen LogP contribution in [0, 0.1) is 13.8 Å². The normalized spacial score (nSPS) is 11.4. The number of nitrogen functional groups attached to an aromatic ring is 1. The zero-order valence-corrected chi connectivity index (χ0v) is 11.6. The van der Waals surface area contributed by atoms with Gasteiger partial charge in [0.2, 0.25) is 5.95 Å². The number of nitrogens with two attached hydrogens (primary N) is 1. The van der Waals surface area contributed by atoms with Crippen molar-refractivity contribution in [3.05, 3.63) is 29.7 Å². The van der Waals surface area contributed by atoms with Gasteiger partial charge >= 0.3 is 0 Å². The molecule has 0 spiro atoms. The summed E-state index contributed by atoms with van der Waals surface area (Å²) in [7, 11) is 3.94. The summed E-state index contributed by atoms with van der Waals surface area (Å²) < 4.78 is 3.97. The minimum atomic E-state index is 0.532. The Morgan fingerprint density at radius 2 is 1.79 bits per heavy atom. The summed E-state index contributed by atoms with van der Waals surface area (Å²) in [6.45, 7) is 4.02. The number of anilines is 1. The van der Waals surface area contributed by atoms with Crippen LogP contribution < -0.4 is 5.73 Å². The molecule has 0 aliphatic rings. The van der Waals surface area contributed by atoms with Crippen molar-refractivity contribution >= 4 is 17.0 Å². The highest BCUT2D eigenvalue weighted by atomic mass is 15.1. The lowest BCUT2D eigenvalue weighted by Gasteiger charge is -2.01. The van der Waals surface area contributed by atoms with Crippen LogP contribution in [0.2, 0.25) is 0 Å². The van der Waals surface area contributed by atoms with Gasteiger partial charge in [-0.25, -0.2) is 9.97 Å². The first-order valence-electron chi connectivity index (χ1n) is 6.21. The molecule has 2 aromatic heterocycles. The van der Waals surface area contributed by atoms with Crippen molar-refractivity contribution in [1.82, 2.24) is 19.1 Å². The molecule has 0 saturated heterocycles. The van der Waals surface area contributed by atoms with Gasteiger partial charge in [0.15, 0.2) is 0 Å². The molecular weight excluding hydrogens is 238 g/mol. The molecule has 19 heavy (non-hydrogen) atoms. The SMILES string of the molecule is Cc1c(-c2ccc3c(c2)nc(C)n3C)nc(N)n1C. The smallest absolute Gasteiger partial charge is 0.200 e. The quantitative estimate of drug-likeness (QED) is 0.725. The van der Waals surface area contributed by atoms with E-state index in [-0.39, 0.29) is 0 Å². The number of hydrogen-bond acceptors (Lipinski definition) is 3. The molecule has 2 N–H and O–H groups in total. The maximum atomic E-state index is 5.85. The van der Waals surface area contributed by atoms with E-state index in [1.165, 1.54) is 0 Å². The van der Waals surface area contributed by atoms with Gasteiger partial charge in [0.25, 0.3) is 0 Å².